The zero-order valence-corrected chi connectivity index (χ0v) is 19.8. The molecule has 180 valence electrons. The molecule has 5 rings (SSSR count). The molecule has 1 amide bonds. The Morgan fingerprint density at radius 1 is 1.36 bits per heavy atom. The first-order valence-electron chi connectivity index (χ1n) is 12.1. The topological polar surface area (TPSA) is 99.5 Å². The molecule has 9 nitrogen and oxygen atoms in total. The van der Waals surface area contributed by atoms with Gasteiger partial charge in [0, 0.05) is 37.1 Å². The number of hydrogen-bond donors (Lipinski definition) is 2. The van der Waals surface area contributed by atoms with Gasteiger partial charge in [0.05, 0.1) is 18.0 Å². The lowest BCUT2D eigenvalue weighted by molar-refractivity contribution is -0.0568. The predicted molar refractivity (Wildman–Crippen MR) is 124 cm³/mol. The van der Waals surface area contributed by atoms with Gasteiger partial charge in [0.1, 0.15) is 23.9 Å². The van der Waals surface area contributed by atoms with E-state index in [9.17, 15) is 9.90 Å². The van der Waals surface area contributed by atoms with Crippen molar-refractivity contribution in [1.29, 1.82) is 0 Å². The summed E-state index contributed by atoms with van der Waals surface area (Å²) >= 11 is 0. The fourth-order valence-electron chi connectivity index (χ4n) is 5.58. The number of rotatable bonds is 5. The summed E-state index contributed by atoms with van der Waals surface area (Å²) in [7, 11) is 0. The van der Waals surface area contributed by atoms with Crippen LogP contribution in [0.3, 0.4) is 0 Å². The van der Waals surface area contributed by atoms with Gasteiger partial charge in [-0.2, -0.15) is 0 Å². The van der Waals surface area contributed by atoms with Crippen LogP contribution in [-0.2, 0) is 9.57 Å². The molecule has 1 aromatic heterocycles. The van der Waals surface area contributed by atoms with Gasteiger partial charge in [-0.25, -0.2) is 9.86 Å². The molecule has 0 aromatic carbocycles. The number of aliphatic imine (C=N–C) groups is 1. The summed E-state index contributed by atoms with van der Waals surface area (Å²) in [5.41, 5.74) is 1.45. The minimum atomic E-state index is -0.584. The Balaban J connectivity index is 1.47. The first-order chi connectivity index (χ1) is 15.8. The van der Waals surface area contributed by atoms with E-state index in [1.54, 1.807) is 11.3 Å². The third-order valence-corrected chi connectivity index (χ3v) is 7.34. The lowest BCUT2D eigenvalue weighted by atomic mass is 9.81. The fourth-order valence-corrected chi connectivity index (χ4v) is 5.58. The maximum atomic E-state index is 13.3. The number of piperazine rings is 1. The van der Waals surface area contributed by atoms with Gasteiger partial charge in [0.2, 0.25) is 0 Å². The average molecular weight is 458 g/mol. The van der Waals surface area contributed by atoms with Crippen LogP contribution in [-0.4, -0.2) is 76.4 Å². The van der Waals surface area contributed by atoms with Crippen LogP contribution >= 0.6 is 0 Å². The zero-order chi connectivity index (χ0) is 23.2. The fraction of sp³-hybridized carbons (Fsp3) is 0.708. The van der Waals surface area contributed by atoms with Gasteiger partial charge in [0.25, 0.3) is 0 Å². The van der Waals surface area contributed by atoms with E-state index in [1.165, 1.54) is 6.42 Å². The highest BCUT2D eigenvalue weighted by Crippen LogP contribution is 2.43. The average Bonchev–Trinajstić information content (AvgIpc) is 2.97. The van der Waals surface area contributed by atoms with E-state index in [4.69, 9.17) is 14.6 Å². The number of anilines is 1. The highest BCUT2D eigenvalue weighted by Gasteiger charge is 2.56. The summed E-state index contributed by atoms with van der Waals surface area (Å²) in [5, 5.41) is 15.2. The Labute approximate surface area is 195 Å². The number of carbonyl (C=O) groups is 1. The minimum absolute atomic E-state index is 0.0138. The van der Waals surface area contributed by atoms with Crippen molar-refractivity contribution in [3.05, 3.63) is 24.0 Å². The van der Waals surface area contributed by atoms with Gasteiger partial charge in [-0.05, 0) is 58.4 Å². The van der Waals surface area contributed by atoms with Gasteiger partial charge < -0.3 is 15.2 Å². The molecular formula is C24H35N5O4. The summed E-state index contributed by atoms with van der Waals surface area (Å²) in [6.07, 6.45) is 8.10. The van der Waals surface area contributed by atoms with Crippen LogP contribution < -0.4 is 10.4 Å². The summed E-state index contributed by atoms with van der Waals surface area (Å²) in [4.78, 5) is 30.9. The molecule has 1 aromatic rings. The Bertz CT molecular complexity index is 924. The van der Waals surface area contributed by atoms with Crippen LogP contribution in [0.25, 0.3) is 0 Å². The molecular weight excluding hydrogens is 422 g/mol. The van der Waals surface area contributed by atoms with E-state index < -0.39 is 11.1 Å². The second kappa shape index (κ2) is 8.52. The third kappa shape index (κ3) is 4.00. The van der Waals surface area contributed by atoms with E-state index in [1.807, 2.05) is 37.9 Å². The van der Waals surface area contributed by atoms with Crippen molar-refractivity contribution >= 4 is 17.5 Å². The maximum absolute atomic E-state index is 13.3. The quantitative estimate of drug-likeness (QED) is 0.701. The molecule has 3 aliphatic heterocycles. The standard InChI is InChI=1S/C24H35N5O4/c1-23(2,3)32-22(31)29-17-7-9-24(29,14-26-11-17)21-18-12-25-10-8-19(18)28(15-27-21)33-20(13-30)16-5-4-6-16/h8,10,12,16-17,20,26,30H,4-7,9,11,13-15H2,1-3H3. The Hall–Kier alpha value is -2.23. The number of nitrogens with one attached hydrogen (secondary N) is 1. The highest BCUT2D eigenvalue weighted by atomic mass is 16.7. The van der Waals surface area contributed by atoms with Crippen molar-refractivity contribution in [3.8, 4) is 0 Å². The van der Waals surface area contributed by atoms with Gasteiger partial charge in [-0.3, -0.25) is 19.7 Å². The molecule has 4 aliphatic rings. The zero-order valence-electron chi connectivity index (χ0n) is 19.8. The van der Waals surface area contributed by atoms with Crippen LogP contribution in [0.1, 0.15) is 58.4 Å². The molecule has 33 heavy (non-hydrogen) atoms. The van der Waals surface area contributed by atoms with Crippen molar-refractivity contribution in [2.75, 3.05) is 31.4 Å². The molecule has 3 unspecified atom stereocenters. The minimum Gasteiger partial charge on any atom is -0.444 e. The van der Waals surface area contributed by atoms with Gasteiger partial charge in [-0.15, -0.1) is 0 Å². The number of aromatic nitrogens is 1. The number of nitrogens with zero attached hydrogens (tertiary/aromatic N) is 4. The largest absolute Gasteiger partial charge is 0.444 e. The molecule has 1 saturated carbocycles. The van der Waals surface area contributed by atoms with Crippen LogP contribution in [0, 0.1) is 5.92 Å². The molecule has 4 heterocycles. The van der Waals surface area contributed by atoms with Crippen molar-refractivity contribution < 1.29 is 19.5 Å². The SMILES string of the molecule is CC(C)(C)OC(=O)N1C2CCC1(C1=NCN(OC(CO)C3CCC3)c3ccncc31)CNC2. The van der Waals surface area contributed by atoms with E-state index >= 15 is 0 Å². The number of fused-ring (bicyclic) bond motifs is 3. The highest BCUT2D eigenvalue weighted by molar-refractivity contribution is 6.13. The van der Waals surface area contributed by atoms with Gasteiger partial charge in [-0.1, -0.05) is 6.42 Å². The number of aliphatic hydroxyl groups is 1. The van der Waals surface area contributed by atoms with Crippen LogP contribution in [0.2, 0.25) is 0 Å². The first-order valence-corrected chi connectivity index (χ1v) is 12.1. The summed E-state index contributed by atoms with van der Waals surface area (Å²) in [6, 6.07) is 2.00. The summed E-state index contributed by atoms with van der Waals surface area (Å²) in [5.74, 6) is 0.380. The van der Waals surface area contributed by atoms with Crippen molar-refractivity contribution in [3.63, 3.8) is 0 Å². The lowest BCUT2D eigenvalue weighted by Crippen LogP contribution is -2.67. The molecule has 0 spiro atoms. The normalized spacial score (nSPS) is 28.1. The Kier molecular flexibility index (Phi) is 5.83. The van der Waals surface area contributed by atoms with E-state index in [2.05, 4.69) is 10.3 Å². The smallest absolute Gasteiger partial charge is 0.411 e. The molecule has 9 heteroatoms. The molecule has 3 fully saturated rings. The van der Waals surface area contributed by atoms with Crippen molar-refractivity contribution in [1.82, 2.24) is 15.2 Å². The Morgan fingerprint density at radius 2 is 2.18 bits per heavy atom. The number of ether oxygens (including phenoxy) is 1. The third-order valence-electron chi connectivity index (χ3n) is 7.34. The molecule has 1 aliphatic carbocycles. The van der Waals surface area contributed by atoms with Crippen LogP contribution in [0.4, 0.5) is 10.5 Å². The van der Waals surface area contributed by atoms with E-state index in [-0.39, 0.29) is 24.8 Å². The molecule has 2 N–H and O–H groups in total. The number of carbonyl (C=O) groups excluding carboxylic acids is 1. The number of amides is 1. The number of hydroxylamine groups is 1. The van der Waals surface area contributed by atoms with Crippen molar-refractivity contribution in [2.24, 2.45) is 10.9 Å². The summed E-state index contributed by atoms with van der Waals surface area (Å²) in [6.45, 7) is 7.36. The van der Waals surface area contributed by atoms with E-state index in [0.29, 0.717) is 19.1 Å². The second-order valence-electron chi connectivity index (χ2n) is 10.6. The molecule has 0 radical (unpaired) electrons. The summed E-state index contributed by atoms with van der Waals surface area (Å²) < 4.78 is 5.82. The molecule has 2 saturated heterocycles. The van der Waals surface area contributed by atoms with Gasteiger partial charge >= 0.3 is 6.09 Å². The number of hydrogen-bond acceptors (Lipinski definition) is 8. The number of aliphatic hydroxyl groups excluding tert-OH is 1. The van der Waals surface area contributed by atoms with Crippen LogP contribution in [0.15, 0.2) is 23.5 Å². The lowest BCUT2D eigenvalue weighted by Gasteiger charge is -2.47. The maximum Gasteiger partial charge on any atom is 0.411 e. The van der Waals surface area contributed by atoms with Crippen LogP contribution in [0.5, 0.6) is 0 Å². The molecule has 2 bridgehead atoms. The second-order valence-corrected chi connectivity index (χ2v) is 10.6. The van der Waals surface area contributed by atoms with Crippen molar-refractivity contribution in [2.45, 2.75) is 76.2 Å². The first kappa shape index (κ1) is 22.6. The monoisotopic (exact) mass is 457 g/mol. The number of pyridine rings is 1. The van der Waals surface area contributed by atoms with E-state index in [0.717, 1.165) is 49.2 Å². The predicted octanol–water partition coefficient (Wildman–Crippen LogP) is 2.48. The molecule has 3 atom stereocenters. The Morgan fingerprint density at radius 3 is 2.88 bits per heavy atom. The van der Waals surface area contributed by atoms with Gasteiger partial charge in [0.15, 0.2) is 0 Å².